The first-order chi connectivity index (χ1) is 16.0. The maximum atomic E-state index is 14.3. The van der Waals surface area contributed by atoms with Crippen molar-refractivity contribution in [2.75, 3.05) is 18.8 Å². The van der Waals surface area contributed by atoms with Gasteiger partial charge < -0.3 is 20.4 Å². The molecule has 1 amide bonds. The van der Waals surface area contributed by atoms with E-state index in [2.05, 4.69) is 15.2 Å². The Kier molecular flexibility index (Phi) is 4.85. The van der Waals surface area contributed by atoms with Gasteiger partial charge in [0.1, 0.15) is 22.6 Å². The third-order valence-corrected chi connectivity index (χ3v) is 6.01. The fraction of sp³-hybridized carbons (Fsp3) is 0.333. The first-order valence-electron chi connectivity index (χ1n) is 11.0. The summed E-state index contributed by atoms with van der Waals surface area (Å²) in [6.07, 6.45) is 1.14. The minimum atomic E-state index is -0.564. The second-order valence-electron chi connectivity index (χ2n) is 9.67. The van der Waals surface area contributed by atoms with Crippen LogP contribution in [0, 0.1) is 12.7 Å². The molecule has 4 aromatic rings. The number of carbonyl (C=O) groups excluding carboxylic acids is 1. The number of rotatable bonds is 2. The fourth-order valence-electron chi connectivity index (χ4n) is 4.38. The van der Waals surface area contributed by atoms with Crippen molar-refractivity contribution < 1.29 is 13.9 Å². The summed E-state index contributed by atoms with van der Waals surface area (Å²) in [6, 6.07) is 4.74. The molecule has 4 N–H and O–H groups in total. The molecule has 1 saturated heterocycles. The average molecular weight is 465 g/mol. The Morgan fingerprint density at radius 1 is 1.29 bits per heavy atom. The van der Waals surface area contributed by atoms with Crippen molar-refractivity contribution in [3.8, 4) is 11.1 Å². The highest BCUT2D eigenvalue weighted by Crippen LogP contribution is 2.37. The van der Waals surface area contributed by atoms with Crippen molar-refractivity contribution in [2.45, 2.75) is 39.2 Å². The number of hydrogen-bond acceptors (Lipinski definition) is 6. The lowest BCUT2D eigenvalue weighted by atomic mass is 9.92. The van der Waals surface area contributed by atoms with Crippen LogP contribution in [0.3, 0.4) is 0 Å². The van der Waals surface area contributed by atoms with Gasteiger partial charge in [-0.3, -0.25) is 9.89 Å². The van der Waals surface area contributed by atoms with Gasteiger partial charge in [-0.1, -0.05) is 6.07 Å². The monoisotopic (exact) mass is 464 g/mol. The first-order valence-corrected chi connectivity index (χ1v) is 11.0. The standard InChI is InChI=1S/C24H25FN6O3/c1-11-7-16-21(29-19(11)12-9-31(10-12)23(33)34-24(2,3)4)17(18(26)22(32)28-16)13-5-6-15(25)20-14(13)8-27-30-20/h5-8,12H,9-10,26H2,1-4H3,(H,27,30)(H,28,32). The molecular weight excluding hydrogens is 439 g/mol. The summed E-state index contributed by atoms with van der Waals surface area (Å²) in [7, 11) is 0. The number of ether oxygens (including phenoxy) is 1. The molecule has 0 unspecified atom stereocenters. The average Bonchev–Trinajstić information content (AvgIpc) is 3.19. The molecule has 1 aliphatic heterocycles. The van der Waals surface area contributed by atoms with Crippen molar-refractivity contribution in [2.24, 2.45) is 0 Å². The van der Waals surface area contributed by atoms with E-state index in [1.54, 1.807) is 11.0 Å². The van der Waals surface area contributed by atoms with Crippen LogP contribution in [0.1, 0.15) is 37.9 Å². The number of pyridine rings is 2. The van der Waals surface area contributed by atoms with Gasteiger partial charge >= 0.3 is 6.09 Å². The van der Waals surface area contributed by atoms with Crippen molar-refractivity contribution in [1.82, 2.24) is 25.1 Å². The highest BCUT2D eigenvalue weighted by Gasteiger charge is 2.36. The van der Waals surface area contributed by atoms with Gasteiger partial charge in [-0.15, -0.1) is 0 Å². The molecular formula is C24H25FN6O3. The number of nitrogen functional groups attached to an aromatic ring is 1. The summed E-state index contributed by atoms with van der Waals surface area (Å²) in [6.45, 7) is 8.36. The van der Waals surface area contributed by atoms with Crippen LogP contribution in [-0.2, 0) is 4.74 Å². The number of nitrogens with one attached hydrogen (secondary N) is 2. The number of amides is 1. The lowest BCUT2D eigenvalue weighted by Gasteiger charge is -2.40. The predicted octanol–water partition coefficient (Wildman–Crippen LogP) is 3.83. The van der Waals surface area contributed by atoms with E-state index < -0.39 is 17.0 Å². The lowest BCUT2D eigenvalue weighted by Crippen LogP contribution is -2.50. The molecule has 10 heteroatoms. The number of halogens is 1. The van der Waals surface area contributed by atoms with Crippen molar-refractivity contribution in [1.29, 1.82) is 0 Å². The van der Waals surface area contributed by atoms with E-state index in [9.17, 15) is 14.0 Å². The van der Waals surface area contributed by atoms with E-state index in [1.165, 1.54) is 12.3 Å². The Balaban J connectivity index is 1.60. The van der Waals surface area contributed by atoms with Gasteiger partial charge in [0, 0.05) is 30.0 Å². The summed E-state index contributed by atoms with van der Waals surface area (Å²) in [5.74, 6) is -0.440. The molecule has 0 atom stereocenters. The number of nitrogens with two attached hydrogens (primary N) is 1. The number of aromatic amines is 2. The molecule has 9 nitrogen and oxygen atoms in total. The molecule has 4 heterocycles. The number of hydrogen-bond donors (Lipinski definition) is 3. The minimum absolute atomic E-state index is 0.00657. The molecule has 1 aliphatic rings. The molecule has 176 valence electrons. The van der Waals surface area contributed by atoms with E-state index in [0.29, 0.717) is 40.6 Å². The molecule has 34 heavy (non-hydrogen) atoms. The molecule has 1 fully saturated rings. The SMILES string of the molecule is Cc1cc2[nH]c(=O)c(N)c(-c3ccc(F)c4[nH]ncc34)c2nc1C1CN(C(=O)OC(C)(C)C)C1. The van der Waals surface area contributed by atoms with Crippen LogP contribution in [-0.4, -0.2) is 49.8 Å². The van der Waals surface area contributed by atoms with Crippen LogP contribution in [0.25, 0.3) is 33.1 Å². The van der Waals surface area contributed by atoms with E-state index >= 15 is 0 Å². The van der Waals surface area contributed by atoms with E-state index in [-0.39, 0.29) is 23.2 Å². The smallest absolute Gasteiger partial charge is 0.410 e. The predicted molar refractivity (Wildman–Crippen MR) is 127 cm³/mol. The third kappa shape index (κ3) is 3.55. The molecule has 3 aromatic heterocycles. The largest absolute Gasteiger partial charge is 0.444 e. The summed E-state index contributed by atoms with van der Waals surface area (Å²) in [4.78, 5) is 34.3. The van der Waals surface area contributed by atoms with Gasteiger partial charge in [0.05, 0.1) is 22.9 Å². The van der Waals surface area contributed by atoms with Gasteiger partial charge in [-0.25, -0.2) is 14.2 Å². The van der Waals surface area contributed by atoms with Crippen LogP contribution in [0.2, 0.25) is 0 Å². The maximum absolute atomic E-state index is 14.3. The molecule has 1 aromatic carbocycles. The number of carbonyl (C=O) groups is 1. The molecule has 5 rings (SSSR count). The number of aromatic nitrogens is 4. The summed E-state index contributed by atoms with van der Waals surface area (Å²) < 4.78 is 19.7. The van der Waals surface area contributed by atoms with Crippen LogP contribution in [0.15, 0.2) is 29.2 Å². The normalized spacial score (nSPS) is 14.6. The van der Waals surface area contributed by atoms with Gasteiger partial charge in [-0.2, -0.15) is 5.10 Å². The Morgan fingerprint density at radius 2 is 2.03 bits per heavy atom. The zero-order chi connectivity index (χ0) is 24.4. The second-order valence-corrected chi connectivity index (χ2v) is 9.67. The van der Waals surface area contributed by atoms with E-state index in [4.69, 9.17) is 15.5 Å². The quantitative estimate of drug-likeness (QED) is 0.413. The molecule has 0 radical (unpaired) electrons. The highest BCUT2D eigenvalue weighted by atomic mass is 19.1. The maximum Gasteiger partial charge on any atom is 0.410 e. The van der Waals surface area contributed by atoms with Crippen LogP contribution in [0.5, 0.6) is 0 Å². The lowest BCUT2D eigenvalue weighted by molar-refractivity contribution is 0.00784. The molecule has 0 spiro atoms. The highest BCUT2D eigenvalue weighted by molar-refractivity contribution is 6.06. The van der Waals surface area contributed by atoms with Crippen molar-refractivity contribution in [3.05, 3.63) is 51.8 Å². The van der Waals surface area contributed by atoms with Crippen LogP contribution in [0.4, 0.5) is 14.9 Å². The Labute approximate surface area is 194 Å². The first kappa shape index (κ1) is 21.9. The summed E-state index contributed by atoms with van der Waals surface area (Å²) in [5, 5.41) is 7.10. The van der Waals surface area contributed by atoms with E-state index in [0.717, 1.165) is 11.3 Å². The topological polar surface area (TPSA) is 130 Å². The number of benzene rings is 1. The zero-order valence-corrected chi connectivity index (χ0v) is 19.3. The van der Waals surface area contributed by atoms with Gasteiger partial charge in [0.15, 0.2) is 0 Å². The fourth-order valence-corrected chi connectivity index (χ4v) is 4.38. The minimum Gasteiger partial charge on any atom is -0.444 e. The van der Waals surface area contributed by atoms with Crippen LogP contribution < -0.4 is 11.3 Å². The number of nitrogens with zero attached hydrogens (tertiary/aromatic N) is 3. The Bertz CT molecular complexity index is 1510. The third-order valence-electron chi connectivity index (χ3n) is 6.01. The van der Waals surface area contributed by atoms with Crippen molar-refractivity contribution >= 4 is 33.7 Å². The number of aryl methyl sites for hydroxylation is 1. The van der Waals surface area contributed by atoms with Crippen molar-refractivity contribution in [3.63, 3.8) is 0 Å². The summed E-state index contributed by atoms with van der Waals surface area (Å²) >= 11 is 0. The van der Waals surface area contributed by atoms with Gasteiger partial charge in [0.25, 0.3) is 5.56 Å². The molecule has 0 bridgehead atoms. The zero-order valence-electron chi connectivity index (χ0n) is 19.3. The number of fused-ring (bicyclic) bond motifs is 2. The number of anilines is 1. The molecule has 0 saturated carbocycles. The Morgan fingerprint density at radius 3 is 2.74 bits per heavy atom. The van der Waals surface area contributed by atoms with Gasteiger partial charge in [0.2, 0.25) is 0 Å². The second kappa shape index (κ2) is 7.54. The number of H-pyrrole nitrogens is 2. The Hall–Kier alpha value is -3.95. The molecule has 0 aliphatic carbocycles. The van der Waals surface area contributed by atoms with Crippen LogP contribution >= 0.6 is 0 Å². The van der Waals surface area contributed by atoms with E-state index in [1.807, 2.05) is 33.8 Å². The number of likely N-dealkylation sites (tertiary alicyclic amines) is 1. The van der Waals surface area contributed by atoms with Gasteiger partial charge in [-0.05, 0) is 51.0 Å². The summed E-state index contributed by atoms with van der Waals surface area (Å²) in [5.41, 5.74) is 9.16.